The Balaban J connectivity index is 1.43. The predicted molar refractivity (Wildman–Crippen MR) is 127 cm³/mol. The van der Waals surface area contributed by atoms with Crippen LogP contribution in [0.25, 0.3) is 0 Å². The number of piperidine rings is 1. The lowest BCUT2D eigenvalue weighted by Gasteiger charge is -2.73. The molecule has 1 aromatic carbocycles. The number of likely N-dealkylation sites (tertiary alicyclic amines) is 1. The smallest absolute Gasteiger partial charge is 0.482 e. The van der Waals surface area contributed by atoms with Crippen LogP contribution in [0.15, 0.2) is 12.1 Å². The van der Waals surface area contributed by atoms with E-state index >= 15 is 0 Å². The van der Waals surface area contributed by atoms with E-state index in [1.54, 1.807) is 21.0 Å². The lowest BCUT2D eigenvalue weighted by Crippen LogP contribution is -2.81. The molecule has 35 heavy (non-hydrogen) atoms. The Hall–Kier alpha value is -2.12. The highest BCUT2D eigenvalue weighted by Crippen LogP contribution is 2.76. The van der Waals surface area contributed by atoms with Gasteiger partial charge in [-0.2, -0.15) is 0 Å². The maximum absolute atomic E-state index is 13.1. The monoisotopic (exact) mass is 481 g/mol. The van der Waals surface area contributed by atoms with Crippen molar-refractivity contribution in [1.82, 2.24) is 4.90 Å². The van der Waals surface area contributed by atoms with Crippen LogP contribution in [-0.4, -0.2) is 61.4 Å². The summed E-state index contributed by atoms with van der Waals surface area (Å²) >= 11 is 0. The second-order valence-electron chi connectivity index (χ2n) is 11.8. The zero-order valence-corrected chi connectivity index (χ0v) is 20.9. The van der Waals surface area contributed by atoms with Crippen molar-refractivity contribution in [3.8, 4) is 11.5 Å². The molecule has 4 saturated carbocycles. The number of fused-ring (bicyclic) bond motifs is 2. The maximum Gasteiger partial charge on any atom is 0.513 e. The van der Waals surface area contributed by atoms with E-state index in [-0.39, 0.29) is 35.2 Å². The van der Waals surface area contributed by atoms with E-state index in [1.807, 2.05) is 6.07 Å². The van der Waals surface area contributed by atoms with Gasteiger partial charge >= 0.3 is 6.16 Å². The molecule has 2 aliphatic heterocycles. The van der Waals surface area contributed by atoms with Crippen molar-refractivity contribution in [2.45, 2.75) is 82.0 Å². The van der Waals surface area contributed by atoms with Crippen molar-refractivity contribution in [3.05, 3.63) is 23.3 Å². The molecule has 5 aliphatic carbocycles. The van der Waals surface area contributed by atoms with E-state index in [0.29, 0.717) is 17.5 Å². The van der Waals surface area contributed by atoms with Crippen molar-refractivity contribution in [1.29, 1.82) is 0 Å². The Morgan fingerprint density at radius 2 is 2.03 bits per heavy atom. The normalized spacial score (nSPS) is 40.1. The van der Waals surface area contributed by atoms with Gasteiger partial charge in [0.1, 0.15) is 17.5 Å². The summed E-state index contributed by atoms with van der Waals surface area (Å²) in [4.78, 5) is 28.2. The highest BCUT2D eigenvalue weighted by molar-refractivity contribution is 5.81. The van der Waals surface area contributed by atoms with Gasteiger partial charge in [-0.1, -0.05) is 6.07 Å². The molecule has 2 spiro atoms. The molecule has 188 valence electrons. The van der Waals surface area contributed by atoms with Crippen molar-refractivity contribution < 1.29 is 28.5 Å². The van der Waals surface area contributed by atoms with E-state index in [9.17, 15) is 9.59 Å². The molecule has 0 amide bonds. The van der Waals surface area contributed by atoms with E-state index in [0.717, 1.165) is 44.6 Å². The number of benzene rings is 1. The Morgan fingerprint density at radius 1 is 1.20 bits per heavy atom. The van der Waals surface area contributed by atoms with Crippen LogP contribution in [0.3, 0.4) is 0 Å². The lowest BCUT2D eigenvalue weighted by molar-refractivity contribution is -0.271. The van der Waals surface area contributed by atoms with Gasteiger partial charge in [0.05, 0.1) is 12.5 Å². The molecule has 5 fully saturated rings. The first-order valence-electron chi connectivity index (χ1n) is 13.4. The van der Waals surface area contributed by atoms with Crippen LogP contribution in [0, 0.1) is 17.3 Å². The quantitative estimate of drug-likeness (QED) is 0.449. The third kappa shape index (κ3) is 2.59. The third-order valence-corrected chi connectivity index (χ3v) is 10.6. The van der Waals surface area contributed by atoms with Crippen LogP contribution < -0.4 is 9.47 Å². The number of carbonyl (C=O) groups excluding carboxylic acids is 2. The fourth-order valence-corrected chi connectivity index (χ4v) is 9.18. The summed E-state index contributed by atoms with van der Waals surface area (Å²) in [6, 6.07) is 4.39. The zero-order chi connectivity index (χ0) is 24.2. The number of ether oxygens (including phenoxy) is 4. The highest BCUT2D eigenvalue weighted by Gasteiger charge is 2.81. The van der Waals surface area contributed by atoms with Crippen LogP contribution in [0.2, 0.25) is 0 Å². The Bertz CT molecular complexity index is 1110. The summed E-state index contributed by atoms with van der Waals surface area (Å²) < 4.78 is 24.0. The summed E-state index contributed by atoms with van der Waals surface area (Å²) in [6.07, 6.45) is 6.36. The van der Waals surface area contributed by atoms with E-state index in [4.69, 9.17) is 18.9 Å². The first-order chi connectivity index (χ1) is 16.9. The number of methoxy groups -OCH3 is 1. The lowest BCUT2D eigenvalue weighted by atomic mass is 9.34. The second-order valence-corrected chi connectivity index (χ2v) is 11.8. The molecule has 6 atom stereocenters. The summed E-state index contributed by atoms with van der Waals surface area (Å²) in [5, 5.41) is 0. The molecule has 1 unspecified atom stereocenters. The highest BCUT2D eigenvalue weighted by atomic mass is 16.7. The van der Waals surface area contributed by atoms with Gasteiger partial charge in [-0.3, -0.25) is 9.69 Å². The minimum absolute atomic E-state index is 0.0395. The molecule has 0 aromatic heterocycles. The SMILES string of the molecule is CCOC(=O)Oc1ccc2c3c1O[C@H]1[C@@]4(OC)CC[C@@]5(C[C@@H]4C(C)=O)C(C2)N(CC2CC2)CC[C@]315. The minimum atomic E-state index is -0.714. The number of rotatable bonds is 6. The van der Waals surface area contributed by atoms with Crippen molar-refractivity contribution in [3.63, 3.8) is 0 Å². The molecule has 7 aliphatic rings. The van der Waals surface area contributed by atoms with Crippen LogP contribution in [-0.2, 0) is 26.1 Å². The molecule has 0 radical (unpaired) electrons. The number of carbonyl (C=O) groups is 2. The zero-order valence-electron chi connectivity index (χ0n) is 20.9. The predicted octanol–water partition coefficient (Wildman–Crippen LogP) is 4.04. The molecule has 1 aromatic rings. The number of hydrogen-bond donors (Lipinski definition) is 0. The average Bonchev–Trinajstić information content (AvgIpc) is 3.58. The number of hydrogen-bond acceptors (Lipinski definition) is 7. The van der Waals surface area contributed by atoms with Crippen molar-refractivity contribution in [2.24, 2.45) is 17.3 Å². The van der Waals surface area contributed by atoms with Gasteiger partial charge in [-0.05, 0) is 82.9 Å². The molecular formula is C28H35NO6. The molecule has 8 rings (SSSR count). The van der Waals surface area contributed by atoms with Crippen molar-refractivity contribution in [2.75, 3.05) is 26.8 Å². The Labute approximate surface area is 206 Å². The molecule has 4 bridgehead atoms. The second kappa shape index (κ2) is 7.22. The molecule has 7 nitrogen and oxygen atoms in total. The van der Waals surface area contributed by atoms with Crippen LogP contribution in [0.1, 0.15) is 63.5 Å². The van der Waals surface area contributed by atoms with Crippen LogP contribution >= 0.6 is 0 Å². The summed E-state index contributed by atoms with van der Waals surface area (Å²) in [5.41, 5.74) is 1.59. The van der Waals surface area contributed by atoms with Gasteiger partial charge in [0.25, 0.3) is 0 Å². The van der Waals surface area contributed by atoms with E-state index in [1.165, 1.54) is 30.5 Å². The van der Waals surface area contributed by atoms with Gasteiger partial charge in [-0.15, -0.1) is 0 Å². The average molecular weight is 482 g/mol. The molecular weight excluding hydrogens is 446 g/mol. The first-order valence-corrected chi connectivity index (χ1v) is 13.4. The minimum Gasteiger partial charge on any atom is -0.482 e. The molecule has 1 saturated heterocycles. The summed E-state index contributed by atoms with van der Waals surface area (Å²) in [5.74, 6) is 1.92. The Morgan fingerprint density at radius 3 is 2.74 bits per heavy atom. The third-order valence-electron chi connectivity index (χ3n) is 10.6. The van der Waals surface area contributed by atoms with Gasteiger partial charge in [0.2, 0.25) is 0 Å². The molecule has 0 N–H and O–H groups in total. The number of ketones is 1. The fourth-order valence-electron chi connectivity index (χ4n) is 9.18. The van der Waals surface area contributed by atoms with Crippen LogP contribution in [0.5, 0.6) is 11.5 Å². The van der Waals surface area contributed by atoms with E-state index < -0.39 is 11.8 Å². The fraction of sp³-hybridized carbons (Fsp3) is 0.714. The molecule has 7 heteroatoms. The van der Waals surface area contributed by atoms with Crippen LogP contribution in [0.4, 0.5) is 4.79 Å². The number of nitrogens with zero attached hydrogens (tertiary/aromatic N) is 1. The van der Waals surface area contributed by atoms with Gasteiger partial charge in [-0.25, -0.2) is 4.79 Å². The largest absolute Gasteiger partial charge is 0.513 e. The topological polar surface area (TPSA) is 74.3 Å². The van der Waals surface area contributed by atoms with Gasteiger partial charge in [0, 0.05) is 36.1 Å². The van der Waals surface area contributed by atoms with Crippen molar-refractivity contribution >= 4 is 11.9 Å². The van der Waals surface area contributed by atoms with Gasteiger partial charge in [0.15, 0.2) is 11.5 Å². The molecule has 2 heterocycles. The maximum atomic E-state index is 13.1. The standard InChI is InChI=1S/C28H35NO6/c1-4-33-25(31)34-20-8-7-18-13-21-26-9-10-28(32-3,19(14-26)16(2)30)24-27(26,22(18)23(20)35-24)11-12-29(21)15-17-5-6-17/h7-8,17,19,21,24H,4-6,9-15H2,1-3H3/t19-,21?,24-,26-,27+,28-/m1/s1. The summed E-state index contributed by atoms with van der Waals surface area (Å²) in [7, 11) is 1.75. The first kappa shape index (κ1) is 22.1. The number of Topliss-reactive ketones (excluding diaryl/α,β-unsaturated/α-hetero) is 1. The van der Waals surface area contributed by atoms with Gasteiger partial charge < -0.3 is 18.9 Å². The summed E-state index contributed by atoms with van der Waals surface area (Å²) in [6.45, 7) is 5.94. The Kier molecular flexibility index (Phi) is 4.56. The van der Waals surface area contributed by atoms with E-state index in [2.05, 4.69) is 11.0 Å².